The van der Waals surface area contributed by atoms with E-state index in [4.69, 9.17) is 9.47 Å². The zero-order valence-corrected chi connectivity index (χ0v) is 19.9. The van der Waals surface area contributed by atoms with Gasteiger partial charge in [-0.2, -0.15) is 0 Å². The minimum Gasteiger partial charge on any atom is -0.456 e. The topological polar surface area (TPSA) is 50.8 Å². The number of carbonyl (C=O) groups is 1. The van der Waals surface area contributed by atoms with Crippen molar-refractivity contribution >= 4 is 17.3 Å². The normalized spacial score (nSPS) is 22.9. The van der Waals surface area contributed by atoms with E-state index in [2.05, 4.69) is 40.5 Å². The highest BCUT2D eigenvalue weighted by Gasteiger charge is 2.53. The van der Waals surface area contributed by atoms with E-state index in [1.54, 1.807) is 0 Å². The van der Waals surface area contributed by atoms with Crippen LogP contribution in [0.25, 0.3) is 0 Å². The average Bonchev–Trinajstić information content (AvgIpc) is 3.53. The third-order valence-corrected chi connectivity index (χ3v) is 8.14. The minimum atomic E-state index is -1.01. The van der Waals surface area contributed by atoms with Crippen LogP contribution in [0.4, 0.5) is 11.4 Å². The van der Waals surface area contributed by atoms with Crippen molar-refractivity contribution in [1.82, 2.24) is 0 Å². The van der Waals surface area contributed by atoms with Crippen molar-refractivity contribution in [2.24, 2.45) is 0 Å². The average molecular weight is 467 g/mol. The minimum absolute atomic E-state index is 0.284. The van der Waals surface area contributed by atoms with Gasteiger partial charge in [0, 0.05) is 53.3 Å². The molecule has 1 saturated carbocycles. The van der Waals surface area contributed by atoms with Gasteiger partial charge in [-0.25, -0.2) is 4.79 Å². The number of hydrogen-bond acceptors (Lipinski definition) is 5. The lowest BCUT2D eigenvalue weighted by molar-refractivity contribution is 0.0224. The first-order valence-electron chi connectivity index (χ1n) is 13.0. The van der Waals surface area contributed by atoms with Crippen LogP contribution in [0.1, 0.15) is 72.0 Å². The van der Waals surface area contributed by atoms with Crippen LogP contribution in [0.5, 0.6) is 11.5 Å². The summed E-state index contributed by atoms with van der Waals surface area (Å²) in [6.07, 6.45) is 8.68. The maximum absolute atomic E-state index is 13.1. The summed E-state index contributed by atoms with van der Waals surface area (Å²) in [5.74, 6) is 1.22. The molecule has 35 heavy (non-hydrogen) atoms. The van der Waals surface area contributed by atoms with Gasteiger partial charge < -0.3 is 19.7 Å². The van der Waals surface area contributed by atoms with Crippen LogP contribution in [-0.2, 0) is 10.3 Å². The molecule has 1 aliphatic carbocycles. The standard InChI is InChI=1S/C30H30N2O3/c33-29-23-10-4-5-11-24(23)30(35-29)25-14-13-22(32-16-6-7-17-32)19-28(25)34-27-15-12-21(18-26(27)30)31-20-8-2-1-3-9-20/h4-5,10-15,18-20,31H,1-3,6-9,16-17H2. The third-order valence-electron chi connectivity index (χ3n) is 8.14. The van der Waals surface area contributed by atoms with E-state index in [-0.39, 0.29) is 5.97 Å². The summed E-state index contributed by atoms with van der Waals surface area (Å²) >= 11 is 0. The van der Waals surface area contributed by atoms with Gasteiger partial charge in [-0.15, -0.1) is 0 Å². The smallest absolute Gasteiger partial charge is 0.340 e. The Morgan fingerprint density at radius 3 is 2.49 bits per heavy atom. The van der Waals surface area contributed by atoms with Gasteiger partial charge in [0.1, 0.15) is 11.5 Å². The van der Waals surface area contributed by atoms with Gasteiger partial charge in [0.05, 0.1) is 5.56 Å². The third kappa shape index (κ3) is 3.24. The number of nitrogens with one attached hydrogen (secondary N) is 1. The van der Waals surface area contributed by atoms with Gasteiger partial charge in [0.25, 0.3) is 0 Å². The van der Waals surface area contributed by atoms with E-state index in [0.29, 0.717) is 11.6 Å². The molecule has 178 valence electrons. The van der Waals surface area contributed by atoms with Crippen LogP contribution in [0.15, 0.2) is 60.7 Å². The first-order chi connectivity index (χ1) is 17.2. The number of ether oxygens (including phenoxy) is 2. The van der Waals surface area contributed by atoms with E-state index in [0.717, 1.165) is 52.7 Å². The lowest BCUT2D eigenvalue weighted by Crippen LogP contribution is -2.33. The number of esters is 1. The number of nitrogens with zero attached hydrogens (tertiary/aromatic N) is 1. The van der Waals surface area contributed by atoms with Crippen molar-refractivity contribution in [3.8, 4) is 11.5 Å². The first kappa shape index (κ1) is 20.9. The van der Waals surface area contributed by atoms with Crippen molar-refractivity contribution in [3.05, 3.63) is 82.9 Å². The number of anilines is 2. The fraction of sp³-hybridized carbons (Fsp3) is 0.367. The Labute approximate surface area is 206 Å². The number of benzene rings is 3. The van der Waals surface area contributed by atoms with Gasteiger partial charge in [-0.3, -0.25) is 0 Å². The van der Waals surface area contributed by atoms with Crippen LogP contribution < -0.4 is 15.0 Å². The molecular weight excluding hydrogens is 436 g/mol. The van der Waals surface area contributed by atoms with Gasteiger partial charge >= 0.3 is 5.97 Å². The summed E-state index contributed by atoms with van der Waals surface area (Å²) in [7, 11) is 0. The molecule has 3 aliphatic heterocycles. The van der Waals surface area contributed by atoms with Crippen molar-refractivity contribution in [2.45, 2.75) is 56.6 Å². The molecule has 7 rings (SSSR count). The molecule has 1 N–H and O–H groups in total. The van der Waals surface area contributed by atoms with Gasteiger partial charge in [-0.05, 0) is 62.1 Å². The lowest BCUT2D eigenvalue weighted by Gasteiger charge is -2.37. The van der Waals surface area contributed by atoms with Crippen molar-refractivity contribution in [1.29, 1.82) is 0 Å². The Morgan fingerprint density at radius 2 is 1.63 bits per heavy atom. The summed E-state index contributed by atoms with van der Waals surface area (Å²) in [5.41, 5.74) is 4.49. The summed E-state index contributed by atoms with van der Waals surface area (Å²) in [6, 6.07) is 20.9. The molecule has 0 aromatic heterocycles. The SMILES string of the molecule is O=C1OC2(c3ccc(N4CCCC4)cc3Oc3ccc(NC4CCCCC4)cc32)c2ccccc21. The molecule has 1 unspecified atom stereocenters. The Balaban J connectivity index is 1.38. The Hall–Kier alpha value is -3.47. The van der Waals surface area contributed by atoms with Gasteiger partial charge in [-0.1, -0.05) is 37.5 Å². The van der Waals surface area contributed by atoms with E-state index in [1.165, 1.54) is 44.9 Å². The molecular formula is C30H30N2O3. The lowest BCUT2D eigenvalue weighted by atomic mass is 9.77. The molecule has 0 bridgehead atoms. The maximum atomic E-state index is 13.1. The number of hydrogen-bond donors (Lipinski definition) is 1. The molecule has 1 saturated heterocycles. The largest absolute Gasteiger partial charge is 0.456 e. The predicted octanol–water partition coefficient (Wildman–Crippen LogP) is 6.60. The van der Waals surface area contributed by atoms with Crippen LogP contribution >= 0.6 is 0 Å². The van der Waals surface area contributed by atoms with Gasteiger partial charge in [0.2, 0.25) is 0 Å². The summed E-state index contributed by atoms with van der Waals surface area (Å²) in [4.78, 5) is 15.5. The second-order valence-electron chi connectivity index (χ2n) is 10.3. The zero-order chi connectivity index (χ0) is 23.4. The molecule has 3 aromatic rings. The Kier molecular flexibility index (Phi) is 4.80. The molecule has 1 atom stereocenters. The van der Waals surface area contributed by atoms with Crippen molar-refractivity contribution < 1.29 is 14.3 Å². The molecule has 1 spiro atoms. The highest BCUT2D eigenvalue weighted by molar-refractivity contribution is 5.97. The molecule has 0 radical (unpaired) electrons. The summed E-state index contributed by atoms with van der Waals surface area (Å²) < 4.78 is 12.9. The zero-order valence-electron chi connectivity index (χ0n) is 19.9. The molecule has 2 fully saturated rings. The van der Waals surface area contributed by atoms with E-state index in [1.807, 2.05) is 30.3 Å². The molecule has 5 heteroatoms. The number of rotatable bonds is 3. The fourth-order valence-electron chi connectivity index (χ4n) is 6.41. The first-order valence-corrected chi connectivity index (χ1v) is 13.0. The van der Waals surface area contributed by atoms with E-state index < -0.39 is 5.60 Å². The second-order valence-corrected chi connectivity index (χ2v) is 10.3. The molecule has 5 nitrogen and oxygen atoms in total. The van der Waals surface area contributed by atoms with Crippen LogP contribution in [0.3, 0.4) is 0 Å². The predicted molar refractivity (Wildman–Crippen MR) is 137 cm³/mol. The van der Waals surface area contributed by atoms with E-state index in [9.17, 15) is 4.79 Å². The molecule has 3 aromatic carbocycles. The Morgan fingerprint density at radius 1 is 0.800 bits per heavy atom. The monoisotopic (exact) mass is 466 g/mol. The fourth-order valence-corrected chi connectivity index (χ4v) is 6.41. The molecule has 4 aliphatic rings. The summed E-state index contributed by atoms with van der Waals surface area (Å²) in [6.45, 7) is 2.13. The number of carbonyl (C=O) groups excluding carboxylic acids is 1. The van der Waals surface area contributed by atoms with Crippen molar-refractivity contribution in [3.63, 3.8) is 0 Å². The number of fused-ring (bicyclic) bond motifs is 6. The Bertz CT molecular complexity index is 1310. The van der Waals surface area contributed by atoms with Crippen LogP contribution in [0.2, 0.25) is 0 Å². The van der Waals surface area contributed by atoms with E-state index >= 15 is 0 Å². The molecule has 0 amide bonds. The van der Waals surface area contributed by atoms with Gasteiger partial charge in [0.15, 0.2) is 5.60 Å². The highest BCUT2D eigenvalue weighted by atomic mass is 16.6. The van der Waals surface area contributed by atoms with Crippen LogP contribution in [0, 0.1) is 0 Å². The quantitative estimate of drug-likeness (QED) is 0.441. The highest BCUT2D eigenvalue weighted by Crippen LogP contribution is 2.57. The molecule has 3 heterocycles. The maximum Gasteiger partial charge on any atom is 0.340 e. The van der Waals surface area contributed by atoms with Crippen LogP contribution in [-0.4, -0.2) is 25.1 Å². The second kappa shape index (κ2) is 8.04. The van der Waals surface area contributed by atoms with Crippen molar-refractivity contribution in [2.75, 3.05) is 23.3 Å². The summed E-state index contributed by atoms with van der Waals surface area (Å²) in [5, 5.41) is 3.74.